The van der Waals surface area contributed by atoms with E-state index >= 15 is 0 Å². The van der Waals surface area contributed by atoms with Crippen molar-refractivity contribution in [3.8, 4) is 5.75 Å². The number of hydrogen-bond acceptors (Lipinski definition) is 4. The number of benzene rings is 1. The SMILES string of the molecule is Cc1c(N[C@H](C)c2ccc(O)cc2)nnc(C(C)C)c1C. The van der Waals surface area contributed by atoms with E-state index in [1.54, 1.807) is 12.1 Å². The molecule has 4 heteroatoms. The van der Waals surface area contributed by atoms with Gasteiger partial charge in [0.15, 0.2) is 5.82 Å². The molecule has 0 aliphatic carbocycles. The van der Waals surface area contributed by atoms with E-state index in [4.69, 9.17) is 0 Å². The molecule has 0 saturated heterocycles. The van der Waals surface area contributed by atoms with Gasteiger partial charge in [-0.05, 0) is 55.5 Å². The number of anilines is 1. The smallest absolute Gasteiger partial charge is 0.152 e. The van der Waals surface area contributed by atoms with Gasteiger partial charge in [-0.3, -0.25) is 0 Å². The maximum atomic E-state index is 9.35. The van der Waals surface area contributed by atoms with E-state index in [0.717, 1.165) is 22.6 Å². The second-order valence-corrected chi connectivity index (χ2v) is 5.80. The molecule has 0 unspecified atom stereocenters. The van der Waals surface area contributed by atoms with Crippen molar-refractivity contribution in [2.45, 2.75) is 46.6 Å². The summed E-state index contributed by atoms with van der Waals surface area (Å²) in [4.78, 5) is 0. The molecule has 4 nitrogen and oxygen atoms in total. The van der Waals surface area contributed by atoms with Crippen LogP contribution in [0.2, 0.25) is 0 Å². The Kier molecular flexibility index (Phi) is 4.46. The topological polar surface area (TPSA) is 58.0 Å². The third-order valence-corrected chi connectivity index (χ3v) is 3.85. The van der Waals surface area contributed by atoms with Crippen molar-refractivity contribution in [1.82, 2.24) is 10.2 Å². The molecule has 0 saturated carbocycles. The molecule has 21 heavy (non-hydrogen) atoms. The van der Waals surface area contributed by atoms with Crippen molar-refractivity contribution in [2.75, 3.05) is 5.32 Å². The summed E-state index contributed by atoms with van der Waals surface area (Å²) in [6, 6.07) is 7.30. The second-order valence-electron chi connectivity index (χ2n) is 5.80. The van der Waals surface area contributed by atoms with Gasteiger partial charge in [-0.2, -0.15) is 5.10 Å². The first-order valence-corrected chi connectivity index (χ1v) is 7.29. The van der Waals surface area contributed by atoms with E-state index in [1.165, 1.54) is 5.56 Å². The summed E-state index contributed by atoms with van der Waals surface area (Å²) < 4.78 is 0. The Bertz CT molecular complexity index is 621. The molecule has 0 fully saturated rings. The number of rotatable bonds is 4. The number of nitrogens with one attached hydrogen (secondary N) is 1. The zero-order valence-electron chi connectivity index (χ0n) is 13.3. The fraction of sp³-hybridized carbons (Fsp3) is 0.412. The third kappa shape index (κ3) is 3.32. The van der Waals surface area contributed by atoms with Crippen molar-refractivity contribution < 1.29 is 5.11 Å². The van der Waals surface area contributed by atoms with Crippen molar-refractivity contribution in [1.29, 1.82) is 0 Å². The highest BCUT2D eigenvalue weighted by molar-refractivity contribution is 5.49. The minimum absolute atomic E-state index is 0.0999. The summed E-state index contributed by atoms with van der Waals surface area (Å²) in [6.07, 6.45) is 0. The molecule has 1 atom stereocenters. The van der Waals surface area contributed by atoms with Crippen LogP contribution in [-0.4, -0.2) is 15.3 Å². The van der Waals surface area contributed by atoms with Crippen molar-refractivity contribution in [3.05, 3.63) is 46.6 Å². The lowest BCUT2D eigenvalue weighted by atomic mass is 10.0. The molecule has 0 aliphatic rings. The molecule has 1 aromatic heterocycles. The van der Waals surface area contributed by atoms with Gasteiger partial charge in [0.25, 0.3) is 0 Å². The first-order valence-electron chi connectivity index (χ1n) is 7.29. The normalized spacial score (nSPS) is 12.5. The van der Waals surface area contributed by atoms with Gasteiger partial charge in [0.1, 0.15) is 5.75 Å². The highest BCUT2D eigenvalue weighted by Crippen LogP contribution is 2.26. The van der Waals surface area contributed by atoms with Crippen LogP contribution >= 0.6 is 0 Å². The van der Waals surface area contributed by atoms with Gasteiger partial charge >= 0.3 is 0 Å². The van der Waals surface area contributed by atoms with E-state index in [9.17, 15) is 5.11 Å². The first kappa shape index (κ1) is 15.3. The summed E-state index contributed by atoms with van der Waals surface area (Å²) >= 11 is 0. The first-order chi connectivity index (χ1) is 9.90. The maximum Gasteiger partial charge on any atom is 0.152 e. The monoisotopic (exact) mass is 285 g/mol. The summed E-state index contributed by atoms with van der Waals surface area (Å²) in [6.45, 7) is 10.5. The Morgan fingerprint density at radius 2 is 1.57 bits per heavy atom. The van der Waals surface area contributed by atoms with Crippen LogP contribution in [0.1, 0.15) is 55.1 Å². The number of aromatic nitrogens is 2. The van der Waals surface area contributed by atoms with E-state index in [2.05, 4.69) is 50.1 Å². The van der Waals surface area contributed by atoms with E-state index in [1.807, 2.05) is 12.1 Å². The van der Waals surface area contributed by atoms with Gasteiger partial charge in [0, 0.05) is 0 Å². The summed E-state index contributed by atoms with van der Waals surface area (Å²) in [5, 5.41) is 21.4. The Morgan fingerprint density at radius 1 is 0.952 bits per heavy atom. The summed E-state index contributed by atoms with van der Waals surface area (Å²) in [7, 11) is 0. The zero-order valence-corrected chi connectivity index (χ0v) is 13.3. The quantitative estimate of drug-likeness (QED) is 0.888. The van der Waals surface area contributed by atoms with Crippen LogP contribution in [0.15, 0.2) is 24.3 Å². The molecule has 0 radical (unpaired) electrons. The van der Waals surface area contributed by atoms with E-state index in [0.29, 0.717) is 5.92 Å². The van der Waals surface area contributed by atoms with Crippen LogP contribution in [0.5, 0.6) is 5.75 Å². The minimum Gasteiger partial charge on any atom is -0.508 e. The van der Waals surface area contributed by atoms with Crippen molar-refractivity contribution in [2.24, 2.45) is 0 Å². The van der Waals surface area contributed by atoms with Gasteiger partial charge in [-0.25, -0.2) is 0 Å². The molecule has 1 aromatic carbocycles. The molecule has 2 aromatic rings. The second kappa shape index (κ2) is 6.12. The highest BCUT2D eigenvalue weighted by Gasteiger charge is 2.14. The fourth-order valence-corrected chi connectivity index (χ4v) is 2.36. The third-order valence-electron chi connectivity index (χ3n) is 3.85. The lowest BCUT2D eigenvalue weighted by Gasteiger charge is -2.19. The van der Waals surface area contributed by atoms with Crippen LogP contribution in [0.3, 0.4) is 0 Å². The Balaban J connectivity index is 2.23. The molecule has 112 valence electrons. The largest absolute Gasteiger partial charge is 0.508 e. The molecule has 2 rings (SSSR count). The van der Waals surface area contributed by atoms with Gasteiger partial charge in [-0.15, -0.1) is 5.10 Å². The average Bonchev–Trinajstić information content (AvgIpc) is 2.44. The van der Waals surface area contributed by atoms with E-state index < -0.39 is 0 Å². The molecular weight excluding hydrogens is 262 g/mol. The van der Waals surface area contributed by atoms with Crippen LogP contribution in [-0.2, 0) is 0 Å². The number of aromatic hydroxyl groups is 1. The lowest BCUT2D eigenvalue weighted by molar-refractivity contribution is 0.475. The number of phenolic OH excluding ortho intramolecular Hbond substituents is 1. The molecule has 0 bridgehead atoms. The van der Waals surface area contributed by atoms with Crippen molar-refractivity contribution in [3.63, 3.8) is 0 Å². The maximum absolute atomic E-state index is 9.35. The molecular formula is C17H23N3O. The number of nitrogens with zero attached hydrogens (tertiary/aromatic N) is 2. The van der Waals surface area contributed by atoms with Gasteiger partial charge in [-0.1, -0.05) is 26.0 Å². The molecule has 0 spiro atoms. The van der Waals surface area contributed by atoms with Gasteiger partial charge < -0.3 is 10.4 Å². The molecule has 2 N–H and O–H groups in total. The Morgan fingerprint density at radius 3 is 2.14 bits per heavy atom. The highest BCUT2D eigenvalue weighted by atomic mass is 16.3. The zero-order chi connectivity index (χ0) is 15.6. The average molecular weight is 285 g/mol. The van der Waals surface area contributed by atoms with E-state index in [-0.39, 0.29) is 11.8 Å². The van der Waals surface area contributed by atoms with Gasteiger partial charge in [0.2, 0.25) is 0 Å². The summed E-state index contributed by atoms with van der Waals surface area (Å²) in [5.74, 6) is 1.47. The molecule has 1 heterocycles. The van der Waals surface area contributed by atoms with Crippen LogP contribution in [0, 0.1) is 13.8 Å². The summed E-state index contributed by atoms with van der Waals surface area (Å²) in [5.41, 5.74) is 4.48. The van der Waals surface area contributed by atoms with Crippen LogP contribution in [0.25, 0.3) is 0 Å². The van der Waals surface area contributed by atoms with Crippen LogP contribution < -0.4 is 5.32 Å². The van der Waals surface area contributed by atoms with Crippen molar-refractivity contribution >= 4 is 5.82 Å². The minimum atomic E-state index is 0.0999. The predicted octanol–water partition coefficient (Wildman–Crippen LogP) is 4.10. The number of phenols is 1. The fourth-order valence-electron chi connectivity index (χ4n) is 2.36. The number of hydrogen-bond donors (Lipinski definition) is 2. The Labute approximate surface area is 126 Å². The standard InChI is InChI=1S/C17H23N3O/c1-10(2)16-11(3)12(4)17(20-19-16)18-13(5)14-6-8-15(21)9-7-14/h6-10,13,21H,1-5H3,(H,18,20)/t13-/m1/s1. The Hall–Kier alpha value is -2.10. The van der Waals surface area contributed by atoms with Gasteiger partial charge in [0.05, 0.1) is 11.7 Å². The molecule has 0 aliphatic heterocycles. The van der Waals surface area contributed by atoms with Crippen LogP contribution in [0.4, 0.5) is 5.82 Å². The molecule has 0 amide bonds. The lowest BCUT2D eigenvalue weighted by Crippen LogP contribution is -2.12. The predicted molar refractivity (Wildman–Crippen MR) is 85.7 cm³/mol.